The second kappa shape index (κ2) is 5.45. The first-order valence-corrected chi connectivity index (χ1v) is 6.97. The number of nitrogens with zero attached hydrogens (tertiary/aromatic N) is 3. The molecule has 5 nitrogen and oxygen atoms in total. The van der Waals surface area contributed by atoms with Crippen molar-refractivity contribution in [3.63, 3.8) is 0 Å². The Bertz CT molecular complexity index is 593. The Hall–Kier alpha value is -2.17. The third-order valence-electron chi connectivity index (χ3n) is 3.53. The quantitative estimate of drug-likeness (QED) is 0.874. The number of aromatic nitrogens is 3. The molecule has 2 heterocycles. The van der Waals surface area contributed by atoms with Crippen molar-refractivity contribution in [3.05, 3.63) is 41.5 Å². The average Bonchev–Trinajstić information content (AvgIpc) is 3.32. The van der Waals surface area contributed by atoms with Gasteiger partial charge in [-0.05, 0) is 31.4 Å². The monoisotopic (exact) mass is 269 g/mol. The van der Waals surface area contributed by atoms with E-state index in [9.17, 15) is 0 Å². The van der Waals surface area contributed by atoms with Gasteiger partial charge in [-0.25, -0.2) is 9.97 Å². The van der Waals surface area contributed by atoms with E-state index in [4.69, 9.17) is 0 Å². The lowest BCUT2D eigenvalue weighted by Crippen LogP contribution is -2.09. The summed E-state index contributed by atoms with van der Waals surface area (Å²) in [4.78, 5) is 13.4. The van der Waals surface area contributed by atoms with Crippen LogP contribution in [0.3, 0.4) is 0 Å². The van der Waals surface area contributed by atoms with Crippen LogP contribution in [0, 0.1) is 6.92 Å². The van der Waals surface area contributed by atoms with Crippen LogP contribution in [0.2, 0.25) is 0 Å². The first-order chi connectivity index (χ1) is 9.78. The van der Waals surface area contributed by atoms with E-state index in [0.29, 0.717) is 5.92 Å². The molecule has 2 N–H and O–H groups in total. The van der Waals surface area contributed by atoms with Gasteiger partial charge in [0.2, 0.25) is 0 Å². The van der Waals surface area contributed by atoms with Gasteiger partial charge in [0.1, 0.15) is 17.5 Å². The normalized spacial score (nSPS) is 14.1. The van der Waals surface area contributed by atoms with Crippen molar-refractivity contribution in [1.82, 2.24) is 15.0 Å². The van der Waals surface area contributed by atoms with E-state index in [1.165, 1.54) is 12.8 Å². The van der Waals surface area contributed by atoms with Crippen LogP contribution in [-0.2, 0) is 6.54 Å². The first kappa shape index (κ1) is 12.8. The lowest BCUT2D eigenvalue weighted by molar-refractivity contribution is 0.913. The van der Waals surface area contributed by atoms with Gasteiger partial charge in [-0.3, -0.25) is 4.98 Å². The van der Waals surface area contributed by atoms with Gasteiger partial charge < -0.3 is 10.6 Å². The number of hydrogen-bond donors (Lipinski definition) is 2. The molecule has 20 heavy (non-hydrogen) atoms. The van der Waals surface area contributed by atoms with Crippen LogP contribution < -0.4 is 10.6 Å². The summed E-state index contributed by atoms with van der Waals surface area (Å²) in [5.74, 6) is 3.32. The standard InChI is InChI=1S/C15H19N5/c1-10-13(16-2)19-15(12-5-6-12)20-14(10)18-9-11-4-3-7-17-8-11/h3-4,7-8,12H,5-6,9H2,1-2H3,(H2,16,18,19,20). The Kier molecular flexibility index (Phi) is 3.50. The van der Waals surface area contributed by atoms with Gasteiger partial charge in [-0.2, -0.15) is 0 Å². The van der Waals surface area contributed by atoms with Crippen molar-refractivity contribution in [2.75, 3.05) is 17.7 Å². The molecule has 3 rings (SSSR count). The van der Waals surface area contributed by atoms with Crippen molar-refractivity contribution in [1.29, 1.82) is 0 Å². The third kappa shape index (κ3) is 2.71. The molecule has 0 saturated heterocycles. The SMILES string of the molecule is CNc1nc(C2CC2)nc(NCc2cccnc2)c1C. The average molecular weight is 269 g/mol. The minimum Gasteiger partial charge on any atom is -0.373 e. The summed E-state index contributed by atoms with van der Waals surface area (Å²) in [6, 6.07) is 4.00. The molecule has 1 fully saturated rings. The van der Waals surface area contributed by atoms with E-state index < -0.39 is 0 Å². The maximum atomic E-state index is 4.68. The third-order valence-corrected chi connectivity index (χ3v) is 3.53. The maximum absolute atomic E-state index is 4.68. The molecule has 0 spiro atoms. The summed E-state index contributed by atoms with van der Waals surface area (Å²) in [7, 11) is 1.90. The minimum atomic E-state index is 0.543. The van der Waals surface area contributed by atoms with Crippen LogP contribution >= 0.6 is 0 Å². The van der Waals surface area contributed by atoms with Gasteiger partial charge in [0.25, 0.3) is 0 Å². The van der Waals surface area contributed by atoms with Crippen LogP contribution in [-0.4, -0.2) is 22.0 Å². The molecular formula is C15H19N5. The smallest absolute Gasteiger partial charge is 0.136 e. The Morgan fingerprint density at radius 3 is 2.70 bits per heavy atom. The topological polar surface area (TPSA) is 62.7 Å². The molecule has 0 radical (unpaired) electrons. The molecule has 2 aromatic rings. The summed E-state index contributed by atoms with van der Waals surface area (Å²) < 4.78 is 0. The number of rotatable bonds is 5. The lowest BCUT2D eigenvalue weighted by Gasteiger charge is -2.13. The van der Waals surface area contributed by atoms with Crippen molar-refractivity contribution >= 4 is 11.6 Å². The van der Waals surface area contributed by atoms with Gasteiger partial charge in [-0.1, -0.05) is 6.07 Å². The highest BCUT2D eigenvalue weighted by atomic mass is 15.1. The lowest BCUT2D eigenvalue weighted by atomic mass is 10.2. The van der Waals surface area contributed by atoms with E-state index in [2.05, 4.69) is 31.7 Å². The Labute approximate surface area is 118 Å². The molecule has 0 amide bonds. The fraction of sp³-hybridized carbons (Fsp3) is 0.400. The summed E-state index contributed by atoms with van der Waals surface area (Å²) in [5, 5.41) is 6.55. The molecule has 0 unspecified atom stereocenters. The largest absolute Gasteiger partial charge is 0.373 e. The van der Waals surface area contributed by atoms with Gasteiger partial charge in [0.15, 0.2) is 0 Å². The van der Waals surface area contributed by atoms with Gasteiger partial charge in [0.05, 0.1) is 0 Å². The molecule has 0 atom stereocenters. The van der Waals surface area contributed by atoms with Crippen molar-refractivity contribution in [2.24, 2.45) is 0 Å². The molecule has 5 heteroatoms. The van der Waals surface area contributed by atoms with Crippen molar-refractivity contribution in [2.45, 2.75) is 32.2 Å². The highest BCUT2D eigenvalue weighted by molar-refractivity contribution is 5.57. The molecule has 1 aliphatic rings. The summed E-state index contributed by atoms with van der Waals surface area (Å²) in [6.07, 6.45) is 6.05. The molecule has 0 bridgehead atoms. The Morgan fingerprint density at radius 2 is 2.05 bits per heavy atom. The van der Waals surface area contributed by atoms with Crippen LogP contribution in [0.15, 0.2) is 24.5 Å². The number of hydrogen-bond acceptors (Lipinski definition) is 5. The second-order valence-corrected chi connectivity index (χ2v) is 5.14. The van der Waals surface area contributed by atoms with Gasteiger partial charge in [0, 0.05) is 37.5 Å². The van der Waals surface area contributed by atoms with Crippen LogP contribution in [0.25, 0.3) is 0 Å². The summed E-state index contributed by atoms with van der Waals surface area (Å²) in [6.45, 7) is 2.76. The zero-order valence-electron chi connectivity index (χ0n) is 11.8. The molecule has 0 aromatic carbocycles. The zero-order chi connectivity index (χ0) is 13.9. The fourth-order valence-corrected chi connectivity index (χ4v) is 2.16. The van der Waals surface area contributed by atoms with E-state index in [-0.39, 0.29) is 0 Å². The van der Waals surface area contributed by atoms with E-state index in [0.717, 1.165) is 35.1 Å². The predicted octanol–water partition coefficient (Wildman–Crippen LogP) is 2.71. The number of anilines is 2. The van der Waals surface area contributed by atoms with Crippen molar-refractivity contribution in [3.8, 4) is 0 Å². The highest BCUT2D eigenvalue weighted by Gasteiger charge is 2.28. The number of nitrogens with one attached hydrogen (secondary N) is 2. The molecule has 0 aliphatic heterocycles. The molecule has 1 aliphatic carbocycles. The maximum Gasteiger partial charge on any atom is 0.136 e. The summed E-state index contributed by atoms with van der Waals surface area (Å²) >= 11 is 0. The van der Waals surface area contributed by atoms with Crippen LogP contribution in [0.1, 0.15) is 35.7 Å². The van der Waals surface area contributed by atoms with Crippen LogP contribution in [0.5, 0.6) is 0 Å². The molecule has 2 aromatic heterocycles. The Morgan fingerprint density at radius 1 is 1.25 bits per heavy atom. The van der Waals surface area contributed by atoms with E-state index in [1.54, 1.807) is 6.20 Å². The highest BCUT2D eigenvalue weighted by Crippen LogP contribution is 2.39. The first-order valence-electron chi connectivity index (χ1n) is 6.97. The predicted molar refractivity (Wildman–Crippen MR) is 79.9 cm³/mol. The van der Waals surface area contributed by atoms with E-state index in [1.807, 2.05) is 26.2 Å². The number of pyridine rings is 1. The second-order valence-electron chi connectivity index (χ2n) is 5.14. The zero-order valence-corrected chi connectivity index (χ0v) is 11.8. The molecule has 104 valence electrons. The minimum absolute atomic E-state index is 0.543. The molecule has 1 saturated carbocycles. The fourth-order valence-electron chi connectivity index (χ4n) is 2.16. The van der Waals surface area contributed by atoms with Crippen molar-refractivity contribution < 1.29 is 0 Å². The summed E-state index contributed by atoms with van der Waals surface area (Å²) in [5.41, 5.74) is 2.20. The van der Waals surface area contributed by atoms with Crippen LogP contribution in [0.4, 0.5) is 11.6 Å². The van der Waals surface area contributed by atoms with E-state index >= 15 is 0 Å². The molecular weight excluding hydrogens is 250 g/mol. The van der Waals surface area contributed by atoms with Gasteiger partial charge >= 0.3 is 0 Å². The Balaban J connectivity index is 1.82. The van der Waals surface area contributed by atoms with Gasteiger partial charge in [-0.15, -0.1) is 0 Å².